The molecule has 0 unspecified atom stereocenters. The third-order valence-electron chi connectivity index (χ3n) is 4.12. The van der Waals surface area contributed by atoms with Gasteiger partial charge in [0.25, 0.3) is 0 Å². The average Bonchev–Trinajstić information content (AvgIpc) is 3.09. The van der Waals surface area contributed by atoms with Crippen LogP contribution in [0.15, 0.2) is 36.7 Å². The molecule has 3 rings (SSSR count). The first-order valence-corrected chi connectivity index (χ1v) is 8.37. The molecule has 6 heteroatoms. The highest BCUT2D eigenvalue weighted by atomic mass is 16.1. The Morgan fingerprint density at radius 3 is 2.60 bits per heavy atom. The summed E-state index contributed by atoms with van der Waals surface area (Å²) in [6, 6.07) is 7.90. The minimum absolute atomic E-state index is 0.653. The molecule has 0 aliphatic heterocycles. The van der Waals surface area contributed by atoms with Crippen LogP contribution in [0, 0.1) is 0 Å². The van der Waals surface area contributed by atoms with E-state index >= 15 is 0 Å². The van der Waals surface area contributed by atoms with E-state index in [1.165, 1.54) is 0 Å². The van der Waals surface area contributed by atoms with Gasteiger partial charge < -0.3 is 14.4 Å². The van der Waals surface area contributed by atoms with Crippen LogP contribution in [0.2, 0.25) is 0 Å². The summed E-state index contributed by atoms with van der Waals surface area (Å²) in [5, 5.41) is 1.02. The van der Waals surface area contributed by atoms with E-state index < -0.39 is 0 Å². The number of nitrogens with zero attached hydrogens (tertiary/aromatic N) is 5. The van der Waals surface area contributed by atoms with Crippen LogP contribution in [-0.2, 0) is 0 Å². The summed E-state index contributed by atoms with van der Waals surface area (Å²) in [4.78, 5) is 24.4. The number of aldehydes is 1. The Kier molecular flexibility index (Phi) is 4.70. The Hall–Kier alpha value is -2.89. The van der Waals surface area contributed by atoms with E-state index in [0.717, 1.165) is 41.7 Å². The summed E-state index contributed by atoms with van der Waals surface area (Å²) < 4.78 is 1.93. The fourth-order valence-electron chi connectivity index (χ4n) is 2.83. The van der Waals surface area contributed by atoms with Crippen molar-refractivity contribution in [3.8, 4) is 5.69 Å². The van der Waals surface area contributed by atoms with Gasteiger partial charge in [0.05, 0.1) is 5.52 Å². The van der Waals surface area contributed by atoms with Crippen LogP contribution < -0.4 is 9.80 Å². The molecule has 0 saturated heterocycles. The van der Waals surface area contributed by atoms with Crippen molar-refractivity contribution in [3.05, 3.63) is 42.2 Å². The van der Waals surface area contributed by atoms with E-state index in [1.54, 1.807) is 6.07 Å². The van der Waals surface area contributed by atoms with Gasteiger partial charge in [-0.05, 0) is 30.7 Å². The van der Waals surface area contributed by atoms with Gasteiger partial charge >= 0.3 is 0 Å². The fourth-order valence-corrected chi connectivity index (χ4v) is 2.83. The molecule has 0 aliphatic rings. The summed E-state index contributed by atoms with van der Waals surface area (Å²) in [7, 11) is 5.94. The van der Waals surface area contributed by atoms with E-state index in [4.69, 9.17) is 9.97 Å². The van der Waals surface area contributed by atoms with E-state index in [1.807, 2.05) is 54.2 Å². The van der Waals surface area contributed by atoms with Gasteiger partial charge in [-0.15, -0.1) is 0 Å². The van der Waals surface area contributed by atoms with E-state index in [0.29, 0.717) is 11.5 Å². The predicted molar refractivity (Wildman–Crippen MR) is 102 cm³/mol. The Labute approximate surface area is 147 Å². The molecule has 0 N–H and O–H groups in total. The van der Waals surface area contributed by atoms with Crippen LogP contribution in [0.4, 0.5) is 11.8 Å². The highest BCUT2D eigenvalue weighted by Crippen LogP contribution is 2.27. The van der Waals surface area contributed by atoms with Crippen molar-refractivity contribution in [1.82, 2.24) is 14.5 Å². The molecule has 0 bridgehead atoms. The summed E-state index contributed by atoms with van der Waals surface area (Å²) in [6.07, 6.45) is 5.59. The smallest absolute Gasteiger partial charge is 0.227 e. The number of hydrogen-bond donors (Lipinski definition) is 0. The zero-order valence-electron chi connectivity index (χ0n) is 15.1. The SMILES string of the molecule is CCCN(C)c1nc(N(C)C)nc2cc(-n3ccc(C=O)c3)ccc12. The van der Waals surface area contributed by atoms with Crippen LogP contribution >= 0.6 is 0 Å². The topological polar surface area (TPSA) is 54.3 Å². The standard InChI is InChI=1S/C19H23N5O/c1-5-9-23(4)18-16-7-6-15(24-10-8-14(12-24)13-25)11-17(16)20-19(21-18)22(2)3/h6-8,10-13H,5,9H2,1-4H3. The maximum Gasteiger partial charge on any atom is 0.227 e. The first kappa shape index (κ1) is 17.0. The van der Waals surface area contributed by atoms with Crippen LogP contribution in [0.3, 0.4) is 0 Å². The molecule has 2 aromatic heterocycles. The number of benzene rings is 1. The molecule has 130 valence electrons. The van der Waals surface area contributed by atoms with Gasteiger partial charge in [0.15, 0.2) is 6.29 Å². The number of anilines is 2. The lowest BCUT2D eigenvalue weighted by Gasteiger charge is -2.21. The number of fused-ring (bicyclic) bond motifs is 1. The summed E-state index contributed by atoms with van der Waals surface area (Å²) >= 11 is 0. The fraction of sp³-hybridized carbons (Fsp3) is 0.316. The molecule has 6 nitrogen and oxygen atoms in total. The molecule has 0 saturated carbocycles. The second kappa shape index (κ2) is 6.93. The molecular weight excluding hydrogens is 314 g/mol. The molecule has 0 radical (unpaired) electrons. The van der Waals surface area contributed by atoms with Gasteiger partial charge in [-0.2, -0.15) is 4.98 Å². The zero-order chi connectivity index (χ0) is 18.0. The molecule has 0 aliphatic carbocycles. The van der Waals surface area contributed by atoms with Gasteiger partial charge in [-0.1, -0.05) is 6.92 Å². The van der Waals surface area contributed by atoms with Gasteiger partial charge in [-0.3, -0.25) is 4.79 Å². The zero-order valence-corrected chi connectivity index (χ0v) is 15.1. The van der Waals surface area contributed by atoms with Crippen LogP contribution in [-0.4, -0.2) is 48.5 Å². The van der Waals surface area contributed by atoms with Crippen molar-refractivity contribution < 1.29 is 4.79 Å². The van der Waals surface area contributed by atoms with Crippen molar-refractivity contribution >= 4 is 29.0 Å². The minimum Gasteiger partial charge on any atom is -0.359 e. The van der Waals surface area contributed by atoms with E-state index in [-0.39, 0.29) is 0 Å². The van der Waals surface area contributed by atoms with Gasteiger partial charge in [0.2, 0.25) is 5.95 Å². The van der Waals surface area contributed by atoms with Crippen molar-refractivity contribution in [1.29, 1.82) is 0 Å². The summed E-state index contributed by atoms with van der Waals surface area (Å²) in [5.41, 5.74) is 2.50. The van der Waals surface area contributed by atoms with Crippen molar-refractivity contribution in [2.45, 2.75) is 13.3 Å². The normalized spacial score (nSPS) is 10.9. The second-order valence-corrected chi connectivity index (χ2v) is 6.33. The average molecular weight is 337 g/mol. The number of hydrogen-bond acceptors (Lipinski definition) is 5. The second-order valence-electron chi connectivity index (χ2n) is 6.33. The van der Waals surface area contributed by atoms with Crippen LogP contribution in [0.5, 0.6) is 0 Å². The molecule has 0 fully saturated rings. The van der Waals surface area contributed by atoms with Gasteiger partial charge in [-0.25, -0.2) is 4.98 Å². The maximum absolute atomic E-state index is 10.9. The maximum atomic E-state index is 10.9. The van der Waals surface area contributed by atoms with Gasteiger partial charge in [0, 0.05) is 56.7 Å². The molecule has 3 aromatic rings. The number of rotatable bonds is 6. The molecule has 1 aromatic carbocycles. The lowest BCUT2D eigenvalue weighted by Crippen LogP contribution is -2.22. The molecule has 0 amide bonds. The molecular formula is C19H23N5O. The number of aromatic nitrogens is 3. The molecule has 0 atom stereocenters. The van der Waals surface area contributed by atoms with Gasteiger partial charge in [0.1, 0.15) is 5.82 Å². The third kappa shape index (κ3) is 3.33. The summed E-state index contributed by atoms with van der Waals surface area (Å²) in [6.45, 7) is 3.09. The number of carbonyl (C=O) groups is 1. The summed E-state index contributed by atoms with van der Waals surface area (Å²) in [5.74, 6) is 1.62. The first-order valence-electron chi connectivity index (χ1n) is 8.37. The van der Waals surface area contributed by atoms with Crippen molar-refractivity contribution in [2.24, 2.45) is 0 Å². The van der Waals surface area contributed by atoms with E-state index in [9.17, 15) is 4.79 Å². The van der Waals surface area contributed by atoms with Crippen LogP contribution in [0.25, 0.3) is 16.6 Å². The minimum atomic E-state index is 0.653. The molecule has 0 spiro atoms. The van der Waals surface area contributed by atoms with E-state index in [2.05, 4.69) is 18.9 Å². The Balaban J connectivity index is 2.15. The Morgan fingerprint density at radius 1 is 1.16 bits per heavy atom. The Bertz CT molecular complexity index is 900. The lowest BCUT2D eigenvalue weighted by atomic mass is 10.2. The quantitative estimate of drug-likeness (QED) is 0.647. The molecule has 25 heavy (non-hydrogen) atoms. The number of carbonyl (C=O) groups excluding carboxylic acids is 1. The Morgan fingerprint density at radius 2 is 1.96 bits per heavy atom. The van der Waals surface area contributed by atoms with Crippen molar-refractivity contribution in [2.75, 3.05) is 37.5 Å². The lowest BCUT2D eigenvalue weighted by molar-refractivity contribution is 0.112. The third-order valence-corrected chi connectivity index (χ3v) is 4.12. The molecule has 2 heterocycles. The first-order chi connectivity index (χ1) is 12.0. The highest BCUT2D eigenvalue weighted by Gasteiger charge is 2.13. The largest absolute Gasteiger partial charge is 0.359 e. The monoisotopic (exact) mass is 337 g/mol. The van der Waals surface area contributed by atoms with Crippen LogP contribution in [0.1, 0.15) is 23.7 Å². The van der Waals surface area contributed by atoms with Crippen molar-refractivity contribution in [3.63, 3.8) is 0 Å². The predicted octanol–water partition coefficient (Wildman–Crippen LogP) is 3.15. The highest BCUT2D eigenvalue weighted by molar-refractivity contribution is 5.92.